The van der Waals surface area contributed by atoms with Crippen LogP contribution >= 0.6 is 0 Å². The molecule has 0 spiro atoms. The van der Waals surface area contributed by atoms with Crippen molar-refractivity contribution in [1.29, 1.82) is 0 Å². The third-order valence-corrected chi connectivity index (χ3v) is 2.53. The second kappa shape index (κ2) is 5.00. The number of rotatable bonds is 4. The van der Waals surface area contributed by atoms with E-state index >= 15 is 0 Å². The summed E-state index contributed by atoms with van der Waals surface area (Å²) in [4.78, 5) is 4.63. The summed E-state index contributed by atoms with van der Waals surface area (Å²) in [5, 5.41) is 0. The topological polar surface area (TPSA) is 53.7 Å². The molecule has 0 saturated heterocycles. The van der Waals surface area contributed by atoms with E-state index in [-0.39, 0.29) is 0 Å². The van der Waals surface area contributed by atoms with E-state index in [4.69, 9.17) is 15.4 Å². The largest absolute Gasteiger partial charge is 0.496 e. The first-order valence-electron chi connectivity index (χ1n) is 4.68. The minimum atomic E-state index is 0.306. The van der Waals surface area contributed by atoms with E-state index in [0.717, 1.165) is 28.2 Å². The predicted molar refractivity (Wildman–Crippen MR) is 58.0 cm³/mol. The van der Waals surface area contributed by atoms with Gasteiger partial charge in [-0.15, -0.1) is 0 Å². The van der Waals surface area contributed by atoms with Gasteiger partial charge in [-0.3, -0.25) is 4.84 Å². The molecular weight excluding hydrogens is 194 g/mol. The van der Waals surface area contributed by atoms with Crippen LogP contribution in [0.4, 0.5) is 0 Å². The van der Waals surface area contributed by atoms with Crippen molar-refractivity contribution in [2.75, 3.05) is 14.2 Å². The molecule has 1 aromatic carbocycles. The smallest absolute Gasteiger partial charge is 0.127 e. The summed E-state index contributed by atoms with van der Waals surface area (Å²) in [6.45, 7) is 4.28. The molecule has 0 saturated carbocycles. The summed E-state index contributed by atoms with van der Waals surface area (Å²) < 4.78 is 10.6. The van der Waals surface area contributed by atoms with Crippen molar-refractivity contribution >= 4 is 0 Å². The third kappa shape index (κ3) is 2.22. The Morgan fingerprint density at radius 3 is 2.27 bits per heavy atom. The van der Waals surface area contributed by atoms with Crippen LogP contribution in [-0.2, 0) is 11.4 Å². The first-order valence-corrected chi connectivity index (χ1v) is 4.68. The Morgan fingerprint density at radius 1 is 1.13 bits per heavy atom. The highest BCUT2D eigenvalue weighted by atomic mass is 16.6. The number of benzene rings is 1. The fraction of sp³-hybridized carbons (Fsp3) is 0.455. The van der Waals surface area contributed by atoms with E-state index in [1.54, 1.807) is 14.2 Å². The van der Waals surface area contributed by atoms with Gasteiger partial charge in [0.2, 0.25) is 0 Å². The van der Waals surface area contributed by atoms with Gasteiger partial charge in [-0.05, 0) is 31.0 Å². The summed E-state index contributed by atoms with van der Waals surface area (Å²) >= 11 is 0. The maximum absolute atomic E-state index is 5.32. The third-order valence-electron chi connectivity index (χ3n) is 2.53. The van der Waals surface area contributed by atoms with Crippen LogP contribution in [0.15, 0.2) is 6.07 Å². The fourth-order valence-corrected chi connectivity index (χ4v) is 1.62. The molecule has 0 unspecified atom stereocenters. The first-order chi connectivity index (χ1) is 7.15. The average Bonchev–Trinajstić information content (AvgIpc) is 2.24. The van der Waals surface area contributed by atoms with E-state index in [0.29, 0.717) is 6.61 Å². The van der Waals surface area contributed by atoms with Crippen molar-refractivity contribution < 1.29 is 14.3 Å². The summed E-state index contributed by atoms with van der Waals surface area (Å²) in [6, 6.07) is 1.88. The molecule has 2 N–H and O–H groups in total. The summed E-state index contributed by atoms with van der Waals surface area (Å²) in [5.74, 6) is 6.69. The number of hydrogen-bond donors (Lipinski definition) is 1. The Bertz CT molecular complexity index is 350. The number of methoxy groups -OCH3 is 2. The van der Waals surface area contributed by atoms with Crippen molar-refractivity contribution in [3.63, 3.8) is 0 Å². The van der Waals surface area contributed by atoms with E-state index in [2.05, 4.69) is 4.84 Å². The van der Waals surface area contributed by atoms with Crippen LogP contribution in [0.1, 0.15) is 16.7 Å². The number of hydrogen-bond acceptors (Lipinski definition) is 4. The van der Waals surface area contributed by atoms with Gasteiger partial charge in [0, 0.05) is 5.56 Å². The molecule has 1 aromatic rings. The number of nitrogens with two attached hydrogens (primary N) is 1. The van der Waals surface area contributed by atoms with Crippen LogP contribution in [0.25, 0.3) is 0 Å². The van der Waals surface area contributed by atoms with Gasteiger partial charge in [0.15, 0.2) is 0 Å². The molecule has 0 aliphatic carbocycles. The molecule has 1 rings (SSSR count). The van der Waals surface area contributed by atoms with E-state index < -0.39 is 0 Å². The van der Waals surface area contributed by atoms with Crippen molar-refractivity contribution in [3.05, 3.63) is 22.8 Å². The maximum Gasteiger partial charge on any atom is 0.127 e. The quantitative estimate of drug-likeness (QED) is 0.770. The van der Waals surface area contributed by atoms with Crippen molar-refractivity contribution in [2.45, 2.75) is 20.5 Å². The number of ether oxygens (including phenoxy) is 2. The van der Waals surface area contributed by atoms with Crippen LogP contribution in [0.5, 0.6) is 11.5 Å². The highest BCUT2D eigenvalue weighted by molar-refractivity contribution is 5.52. The monoisotopic (exact) mass is 211 g/mol. The second-order valence-corrected chi connectivity index (χ2v) is 3.33. The molecule has 0 fully saturated rings. The summed E-state index contributed by atoms with van der Waals surface area (Å²) in [5.41, 5.74) is 3.00. The van der Waals surface area contributed by atoms with E-state index in [9.17, 15) is 0 Å². The lowest BCUT2D eigenvalue weighted by molar-refractivity contribution is 0.121. The minimum Gasteiger partial charge on any atom is -0.496 e. The molecule has 0 bridgehead atoms. The summed E-state index contributed by atoms with van der Waals surface area (Å²) in [7, 11) is 3.27. The van der Waals surface area contributed by atoms with Gasteiger partial charge >= 0.3 is 0 Å². The second-order valence-electron chi connectivity index (χ2n) is 3.33. The maximum atomic E-state index is 5.32. The highest BCUT2D eigenvalue weighted by Crippen LogP contribution is 2.33. The lowest BCUT2D eigenvalue weighted by atomic mass is 10.0. The first kappa shape index (κ1) is 11.8. The lowest BCUT2D eigenvalue weighted by Crippen LogP contribution is -2.04. The molecule has 0 aromatic heterocycles. The molecule has 0 aliphatic heterocycles. The van der Waals surface area contributed by atoms with Gasteiger partial charge in [-0.2, -0.15) is 0 Å². The van der Waals surface area contributed by atoms with Gasteiger partial charge < -0.3 is 9.47 Å². The molecule has 0 atom stereocenters. The average molecular weight is 211 g/mol. The molecule has 0 amide bonds. The normalized spacial score (nSPS) is 10.2. The fourth-order valence-electron chi connectivity index (χ4n) is 1.62. The molecule has 0 aliphatic rings. The molecule has 15 heavy (non-hydrogen) atoms. The Balaban J connectivity index is 3.30. The lowest BCUT2D eigenvalue weighted by Gasteiger charge is -2.16. The van der Waals surface area contributed by atoms with Gasteiger partial charge in [-0.25, -0.2) is 5.90 Å². The van der Waals surface area contributed by atoms with Crippen LogP contribution in [0, 0.1) is 13.8 Å². The SMILES string of the molecule is COc1cc(CON)c(OC)c(C)c1C. The zero-order chi connectivity index (χ0) is 11.4. The predicted octanol–water partition coefficient (Wildman–Crippen LogP) is 1.71. The van der Waals surface area contributed by atoms with Crippen LogP contribution in [0.2, 0.25) is 0 Å². The minimum absolute atomic E-state index is 0.306. The molecule has 4 heteroatoms. The van der Waals surface area contributed by atoms with Crippen LogP contribution in [0.3, 0.4) is 0 Å². The highest BCUT2D eigenvalue weighted by Gasteiger charge is 2.13. The molecular formula is C11H17NO3. The zero-order valence-corrected chi connectivity index (χ0v) is 9.59. The van der Waals surface area contributed by atoms with Crippen molar-refractivity contribution in [3.8, 4) is 11.5 Å². The Morgan fingerprint density at radius 2 is 1.80 bits per heavy atom. The standard InChI is InChI=1S/C11H17NO3/c1-7-8(2)11(14-4)9(6-15-12)5-10(7)13-3/h5H,6,12H2,1-4H3. The molecule has 84 valence electrons. The van der Waals surface area contributed by atoms with Gasteiger partial charge in [0.05, 0.1) is 20.8 Å². The zero-order valence-electron chi connectivity index (χ0n) is 9.59. The van der Waals surface area contributed by atoms with Gasteiger partial charge in [0.1, 0.15) is 11.5 Å². The Hall–Kier alpha value is -1.26. The van der Waals surface area contributed by atoms with Crippen LogP contribution < -0.4 is 15.4 Å². The molecule has 4 nitrogen and oxygen atoms in total. The van der Waals surface area contributed by atoms with Crippen molar-refractivity contribution in [1.82, 2.24) is 0 Å². The van der Waals surface area contributed by atoms with E-state index in [1.807, 2.05) is 19.9 Å². The van der Waals surface area contributed by atoms with E-state index in [1.165, 1.54) is 0 Å². The van der Waals surface area contributed by atoms with Crippen molar-refractivity contribution in [2.24, 2.45) is 5.90 Å². The molecule has 0 heterocycles. The van der Waals surface area contributed by atoms with Gasteiger partial charge in [-0.1, -0.05) is 0 Å². The molecule has 0 radical (unpaired) electrons. The van der Waals surface area contributed by atoms with Crippen LogP contribution in [-0.4, -0.2) is 14.2 Å². The Labute approximate surface area is 89.9 Å². The van der Waals surface area contributed by atoms with Gasteiger partial charge in [0.25, 0.3) is 0 Å². The Kier molecular flexibility index (Phi) is 3.94. The summed E-state index contributed by atoms with van der Waals surface area (Å²) in [6.07, 6.45) is 0.